The van der Waals surface area contributed by atoms with E-state index in [0.717, 1.165) is 60.8 Å². The summed E-state index contributed by atoms with van der Waals surface area (Å²) >= 11 is 1.62. The molecule has 0 aliphatic carbocycles. The molecule has 1 aliphatic heterocycles. The smallest absolute Gasteiger partial charge is 0.205 e. The first-order valence-corrected chi connectivity index (χ1v) is 9.47. The fourth-order valence-electron chi connectivity index (χ4n) is 2.72. The van der Waals surface area contributed by atoms with Crippen molar-refractivity contribution in [1.82, 2.24) is 20.1 Å². The molecule has 1 N–H and O–H groups in total. The van der Waals surface area contributed by atoms with Gasteiger partial charge in [0.1, 0.15) is 10.8 Å². The van der Waals surface area contributed by atoms with E-state index in [4.69, 9.17) is 0 Å². The van der Waals surface area contributed by atoms with Gasteiger partial charge in [0, 0.05) is 44.8 Å². The van der Waals surface area contributed by atoms with Gasteiger partial charge in [0.15, 0.2) is 0 Å². The third-order valence-corrected chi connectivity index (χ3v) is 5.51. The highest BCUT2D eigenvalue weighted by Gasteiger charge is 2.16. The van der Waals surface area contributed by atoms with Gasteiger partial charge in [-0.15, -0.1) is 10.2 Å². The molecule has 3 rings (SSSR count). The van der Waals surface area contributed by atoms with Crippen molar-refractivity contribution in [1.29, 1.82) is 0 Å². The summed E-state index contributed by atoms with van der Waals surface area (Å²) in [5, 5.41) is 13.7. The highest BCUT2D eigenvalue weighted by atomic mass is 32.1. The van der Waals surface area contributed by atoms with Gasteiger partial charge in [-0.3, -0.25) is 0 Å². The van der Waals surface area contributed by atoms with E-state index in [9.17, 15) is 0 Å². The Morgan fingerprint density at radius 2 is 1.96 bits per heavy atom. The summed E-state index contributed by atoms with van der Waals surface area (Å²) < 4.78 is 0. The minimum absolute atomic E-state index is 0.423. The van der Waals surface area contributed by atoms with E-state index in [1.54, 1.807) is 11.3 Å². The number of rotatable bonds is 6. The molecule has 0 atom stereocenters. The monoisotopic (exact) mass is 346 g/mol. The number of nitrogens with one attached hydrogen (secondary N) is 1. The topological polar surface area (TPSA) is 57.2 Å². The second kappa shape index (κ2) is 7.90. The van der Waals surface area contributed by atoms with E-state index in [2.05, 4.69) is 63.2 Å². The Morgan fingerprint density at radius 3 is 2.54 bits per heavy atom. The highest BCUT2D eigenvalue weighted by molar-refractivity contribution is 7.15. The summed E-state index contributed by atoms with van der Waals surface area (Å²) in [6.45, 7) is 12.7. The van der Waals surface area contributed by atoms with Crippen LogP contribution in [-0.4, -0.2) is 52.8 Å². The molecule has 130 valence electrons. The molecule has 0 aromatic carbocycles. The van der Waals surface area contributed by atoms with Crippen LogP contribution >= 0.6 is 11.3 Å². The van der Waals surface area contributed by atoms with Crippen LogP contribution in [-0.2, 0) is 6.54 Å². The quantitative estimate of drug-likeness (QED) is 0.868. The van der Waals surface area contributed by atoms with Crippen LogP contribution in [0, 0.1) is 0 Å². The lowest BCUT2D eigenvalue weighted by Gasteiger charge is -2.34. The number of piperazine rings is 1. The lowest BCUT2D eigenvalue weighted by atomic mass is 10.2. The van der Waals surface area contributed by atoms with E-state index in [0.29, 0.717) is 5.92 Å². The lowest BCUT2D eigenvalue weighted by Crippen LogP contribution is -2.46. The number of hydrogen-bond donors (Lipinski definition) is 1. The standard InChI is InChI=1S/C17H26N6S/c1-4-22-7-9-23(10-8-22)15-6-5-14(11-18-15)12-19-17-21-20-16(24-17)13(2)3/h5-6,11,13H,4,7-10,12H2,1-3H3,(H,19,21). The number of likely N-dealkylation sites (N-methyl/N-ethyl adjacent to an activating group) is 1. The van der Waals surface area contributed by atoms with Gasteiger partial charge < -0.3 is 15.1 Å². The zero-order chi connectivity index (χ0) is 16.9. The van der Waals surface area contributed by atoms with Crippen LogP contribution in [0.15, 0.2) is 18.3 Å². The Balaban J connectivity index is 1.52. The maximum absolute atomic E-state index is 4.63. The van der Waals surface area contributed by atoms with Crippen LogP contribution in [0.1, 0.15) is 37.3 Å². The van der Waals surface area contributed by atoms with Gasteiger partial charge in [0.25, 0.3) is 0 Å². The van der Waals surface area contributed by atoms with Gasteiger partial charge in [-0.1, -0.05) is 38.2 Å². The molecule has 0 unspecified atom stereocenters. The average Bonchev–Trinajstić information content (AvgIpc) is 3.10. The Kier molecular flexibility index (Phi) is 5.63. The van der Waals surface area contributed by atoms with E-state index in [-0.39, 0.29) is 0 Å². The maximum Gasteiger partial charge on any atom is 0.205 e. The molecule has 0 bridgehead atoms. The molecule has 6 nitrogen and oxygen atoms in total. The van der Waals surface area contributed by atoms with E-state index >= 15 is 0 Å². The molecule has 7 heteroatoms. The summed E-state index contributed by atoms with van der Waals surface area (Å²) in [7, 11) is 0. The van der Waals surface area contributed by atoms with Gasteiger partial charge >= 0.3 is 0 Å². The molecule has 3 heterocycles. The van der Waals surface area contributed by atoms with E-state index < -0.39 is 0 Å². The number of pyridine rings is 1. The third-order valence-electron chi connectivity index (χ3n) is 4.33. The molecule has 0 radical (unpaired) electrons. The predicted octanol–water partition coefficient (Wildman–Crippen LogP) is 2.81. The van der Waals surface area contributed by atoms with Crippen LogP contribution in [0.4, 0.5) is 10.9 Å². The zero-order valence-electron chi connectivity index (χ0n) is 14.7. The van der Waals surface area contributed by atoms with E-state index in [1.165, 1.54) is 0 Å². The molecular weight excluding hydrogens is 320 g/mol. The molecule has 1 fully saturated rings. The van der Waals surface area contributed by atoms with Crippen LogP contribution in [0.2, 0.25) is 0 Å². The first-order valence-electron chi connectivity index (χ1n) is 8.65. The van der Waals surface area contributed by atoms with Gasteiger partial charge in [-0.2, -0.15) is 0 Å². The zero-order valence-corrected chi connectivity index (χ0v) is 15.5. The van der Waals surface area contributed by atoms with Crippen molar-refractivity contribution in [3.05, 3.63) is 28.9 Å². The molecule has 24 heavy (non-hydrogen) atoms. The van der Waals surface area contributed by atoms with Crippen molar-refractivity contribution in [2.45, 2.75) is 33.2 Å². The normalized spacial score (nSPS) is 15.9. The molecule has 0 spiro atoms. The number of nitrogens with zero attached hydrogens (tertiary/aromatic N) is 5. The summed E-state index contributed by atoms with van der Waals surface area (Å²) in [6.07, 6.45) is 1.96. The summed E-state index contributed by atoms with van der Waals surface area (Å²) in [5.74, 6) is 1.50. The second-order valence-corrected chi connectivity index (χ2v) is 7.41. The third kappa shape index (κ3) is 4.21. The molecule has 0 amide bonds. The Morgan fingerprint density at radius 1 is 1.17 bits per heavy atom. The number of anilines is 2. The van der Waals surface area contributed by atoms with Crippen molar-refractivity contribution in [3.8, 4) is 0 Å². The Labute approximate surface area is 147 Å². The minimum Gasteiger partial charge on any atom is -0.356 e. The maximum atomic E-state index is 4.63. The SMILES string of the molecule is CCN1CCN(c2ccc(CNc3nnc(C(C)C)s3)cn2)CC1. The summed E-state index contributed by atoms with van der Waals surface area (Å²) in [4.78, 5) is 9.47. The fourth-order valence-corrected chi connectivity index (χ4v) is 3.46. The number of hydrogen-bond acceptors (Lipinski definition) is 7. The number of aromatic nitrogens is 3. The van der Waals surface area contributed by atoms with Gasteiger partial charge in [0.2, 0.25) is 5.13 Å². The molecular formula is C17H26N6S. The second-order valence-electron chi connectivity index (χ2n) is 6.40. The molecule has 2 aromatic heterocycles. The first kappa shape index (κ1) is 17.1. The van der Waals surface area contributed by atoms with Crippen molar-refractivity contribution >= 4 is 22.3 Å². The van der Waals surface area contributed by atoms with Crippen molar-refractivity contribution < 1.29 is 0 Å². The molecule has 2 aromatic rings. The van der Waals surface area contributed by atoms with Crippen molar-refractivity contribution in [2.75, 3.05) is 42.9 Å². The van der Waals surface area contributed by atoms with Crippen LogP contribution in [0.5, 0.6) is 0 Å². The van der Waals surface area contributed by atoms with Crippen molar-refractivity contribution in [2.24, 2.45) is 0 Å². The minimum atomic E-state index is 0.423. The average molecular weight is 347 g/mol. The van der Waals surface area contributed by atoms with Gasteiger partial charge in [0.05, 0.1) is 0 Å². The van der Waals surface area contributed by atoms with E-state index in [1.807, 2.05) is 6.20 Å². The summed E-state index contributed by atoms with van der Waals surface area (Å²) in [6, 6.07) is 4.27. The van der Waals surface area contributed by atoms with Crippen molar-refractivity contribution in [3.63, 3.8) is 0 Å². The van der Waals surface area contributed by atoms with Crippen LogP contribution in [0.3, 0.4) is 0 Å². The van der Waals surface area contributed by atoms with Gasteiger partial charge in [-0.25, -0.2) is 4.98 Å². The van der Waals surface area contributed by atoms with Crippen LogP contribution in [0.25, 0.3) is 0 Å². The van der Waals surface area contributed by atoms with Crippen LogP contribution < -0.4 is 10.2 Å². The fraction of sp³-hybridized carbons (Fsp3) is 0.588. The Bertz CT molecular complexity index is 631. The largest absolute Gasteiger partial charge is 0.356 e. The first-order chi connectivity index (χ1) is 11.7. The summed E-state index contributed by atoms with van der Waals surface area (Å²) in [5.41, 5.74) is 1.16. The lowest BCUT2D eigenvalue weighted by molar-refractivity contribution is 0.270. The van der Waals surface area contributed by atoms with Gasteiger partial charge in [-0.05, 0) is 18.2 Å². The molecule has 0 saturated carbocycles. The molecule has 1 saturated heterocycles. The highest BCUT2D eigenvalue weighted by Crippen LogP contribution is 2.23. The Hall–Kier alpha value is -1.73. The molecule has 1 aliphatic rings. The predicted molar refractivity (Wildman–Crippen MR) is 99.9 cm³/mol.